The molecule has 1 aromatic rings. The molecule has 1 saturated heterocycles. The molecule has 1 heterocycles. The van der Waals surface area contributed by atoms with Gasteiger partial charge in [0.05, 0.1) is 6.61 Å². The van der Waals surface area contributed by atoms with Crippen molar-refractivity contribution in [1.29, 1.82) is 0 Å². The number of carbonyl (C=O) groups excluding carboxylic acids is 1. The summed E-state index contributed by atoms with van der Waals surface area (Å²) in [6, 6.07) is 8.07. The number of carbonyl (C=O) groups is 1. The summed E-state index contributed by atoms with van der Waals surface area (Å²) >= 11 is 0. The summed E-state index contributed by atoms with van der Waals surface area (Å²) in [6.07, 6.45) is 5.74. The number of nitrogens with one attached hydrogen (secondary N) is 1. The Bertz CT molecular complexity index is 534. The first-order valence-electron chi connectivity index (χ1n) is 9.50. The molecule has 5 heteroatoms. The van der Waals surface area contributed by atoms with Gasteiger partial charge in [0, 0.05) is 44.8 Å². The summed E-state index contributed by atoms with van der Waals surface area (Å²) in [5, 5.41) is 3.66. The number of likely N-dealkylation sites (tertiary alicyclic amines) is 1. The third-order valence-electron chi connectivity index (χ3n) is 5.04. The number of hydrogen-bond acceptors (Lipinski definition) is 4. The second-order valence-corrected chi connectivity index (χ2v) is 7.14. The van der Waals surface area contributed by atoms with Crippen LogP contribution in [0.2, 0.25) is 0 Å². The van der Waals surface area contributed by atoms with Crippen LogP contribution in [0.5, 0.6) is 5.75 Å². The lowest BCUT2D eigenvalue weighted by Gasteiger charge is -2.32. The highest BCUT2D eigenvalue weighted by Crippen LogP contribution is 2.28. The van der Waals surface area contributed by atoms with Crippen LogP contribution in [0, 0.1) is 5.92 Å². The number of piperidine rings is 1. The third-order valence-corrected chi connectivity index (χ3v) is 5.04. The third kappa shape index (κ3) is 5.72. The van der Waals surface area contributed by atoms with Crippen molar-refractivity contribution in [2.75, 3.05) is 40.0 Å². The normalized spacial score (nSPS) is 18.4. The molecule has 1 aliphatic heterocycles. The molecule has 0 radical (unpaired) electrons. The lowest BCUT2D eigenvalue weighted by atomic mass is 10.0. The molecule has 0 bridgehead atoms. The van der Waals surface area contributed by atoms with Gasteiger partial charge < -0.3 is 19.7 Å². The highest BCUT2D eigenvalue weighted by atomic mass is 16.5. The van der Waals surface area contributed by atoms with Crippen molar-refractivity contribution >= 4 is 5.91 Å². The average Bonchev–Trinajstić information content (AvgIpc) is 3.48. The van der Waals surface area contributed by atoms with E-state index in [0.717, 1.165) is 56.1 Å². The van der Waals surface area contributed by atoms with Crippen LogP contribution in [0.4, 0.5) is 0 Å². The lowest BCUT2D eigenvalue weighted by Crippen LogP contribution is -2.45. The predicted molar refractivity (Wildman–Crippen MR) is 98.1 cm³/mol. The molecule has 1 N–H and O–H groups in total. The summed E-state index contributed by atoms with van der Waals surface area (Å²) in [7, 11) is 1.69. The van der Waals surface area contributed by atoms with Gasteiger partial charge in [0.1, 0.15) is 5.75 Å². The first kappa shape index (κ1) is 18.2. The topological polar surface area (TPSA) is 50.8 Å². The number of benzene rings is 1. The molecule has 138 valence electrons. The molecular weight excluding hydrogens is 316 g/mol. The Labute approximate surface area is 150 Å². The maximum atomic E-state index is 12.6. The molecule has 1 aliphatic carbocycles. The van der Waals surface area contributed by atoms with Gasteiger partial charge in [-0.05, 0) is 62.4 Å². The Morgan fingerprint density at radius 3 is 2.48 bits per heavy atom. The van der Waals surface area contributed by atoms with Crippen LogP contribution in [-0.2, 0) is 4.74 Å². The van der Waals surface area contributed by atoms with E-state index >= 15 is 0 Å². The molecule has 0 aromatic heterocycles. The van der Waals surface area contributed by atoms with Crippen molar-refractivity contribution in [2.45, 2.75) is 38.1 Å². The van der Waals surface area contributed by atoms with E-state index in [1.165, 1.54) is 12.8 Å². The van der Waals surface area contributed by atoms with E-state index in [0.29, 0.717) is 19.3 Å². The molecule has 2 aliphatic rings. The Balaban J connectivity index is 1.41. The number of rotatable bonds is 9. The van der Waals surface area contributed by atoms with Crippen molar-refractivity contribution < 1.29 is 14.3 Å². The van der Waals surface area contributed by atoms with Crippen molar-refractivity contribution in [3.63, 3.8) is 0 Å². The zero-order valence-corrected chi connectivity index (χ0v) is 15.2. The van der Waals surface area contributed by atoms with Crippen LogP contribution < -0.4 is 10.1 Å². The van der Waals surface area contributed by atoms with Crippen molar-refractivity contribution in [3.05, 3.63) is 29.8 Å². The molecule has 3 rings (SSSR count). The number of amides is 1. The summed E-state index contributed by atoms with van der Waals surface area (Å²) in [4.78, 5) is 14.6. The average molecular weight is 346 g/mol. The van der Waals surface area contributed by atoms with Gasteiger partial charge in [-0.3, -0.25) is 4.79 Å². The van der Waals surface area contributed by atoms with E-state index in [1.807, 2.05) is 29.2 Å². The molecule has 5 nitrogen and oxygen atoms in total. The van der Waals surface area contributed by atoms with Gasteiger partial charge in [0.2, 0.25) is 0 Å². The summed E-state index contributed by atoms with van der Waals surface area (Å²) in [6.45, 7) is 4.17. The SMILES string of the molecule is COCCCOc1ccc(C(=O)N2CCC(NCC3CC3)CC2)cc1. The Kier molecular flexibility index (Phi) is 6.70. The van der Waals surface area contributed by atoms with Crippen LogP contribution >= 0.6 is 0 Å². The van der Waals surface area contributed by atoms with Crippen LogP contribution in [-0.4, -0.2) is 56.8 Å². The smallest absolute Gasteiger partial charge is 0.253 e. The number of ether oxygens (including phenoxy) is 2. The Morgan fingerprint density at radius 2 is 1.84 bits per heavy atom. The number of nitrogens with zero attached hydrogens (tertiary/aromatic N) is 1. The van der Waals surface area contributed by atoms with Crippen molar-refractivity contribution in [1.82, 2.24) is 10.2 Å². The van der Waals surface area contributed by atoms with E-state index < -0.39 is 0 Å². The quantitative estimate of drug-likeness (QED) is 0.699. The summed E-state index contributed by atoms with van der Waals surface area (Å²) in [5.74, 6) is 1.84. The van der Waals surface area contributed by atoms with Crippen LogP contribution in [0.1, 0.15) is 42.5 Å². The first-order chi connectivity index (χ1) is 12.3. The van der Waals surface area contributed by atoms with E-state index in [-0.39, 0.29) is 5.91 Å². The van der Waals surface area contributed by atoms with Gasteiger partial charge in [0.15, 0.2) is 0 Å². The minimum atomic E-state index is 0.131. The van der Waals surface area contributed by atoms with Gasteiger partial charge in [-0.25, -0.2) is 0 Å². The standard InChI is InChI=1S/C20H30N2O3/c1-24-13-2-14-25-19-7-5-17(6-8-19)20(23)22-11-9-18(10-12-22)21-15-16-3-4-16/h5-8,16,18,21H,2-4,9-15H2,1H3. The van der Waals surface area contributed by atoms with Gasteiger partial charge in [-0.1, -0.05) is 0 Å². The van der Waals surface area contributed by atoms with E-state index in [4.69, 9.17) is 9.47 Å². The molecule has 0 atom stereocenters. The summed E-state index contributed by atoms with van der Waals surface area (Å²) in [5.41, 5.74) is 0.744. The molecule has 0 spiro atoms. The zero-order valence-electron chi connectivity index (χ0n) is 15.2. The second-order valence-electron chi connectivity index (χ2n) is 7.14. The van der Waals surface area contributed by atoms with Gasteiger partial charge in [-0.15, -0.1) is 0 Å². The fraction of sp³-hybridized carbons (Fsp3) is 0.650. The van der Waals surface area contributed by atoms with Gasteiger partial charge in [0.25, 0.3) is 5.91 Å². The molecule has 0 unspecified atom stereocenters. The second kappa shape index (κ2) is 9.20. The van der Waals surface area contributed by atoms with E-state index in [9.17, 15) is 4.79 Å². The molecule has 1 aromatic carbocycles. The van der Waals surface area contributed by atoms with Crippen LogP contribution in [0.3, 0.4) is 0 Å². The largest absolute Gasteiger partial charge is 0.494 e. The molecule has 1 amide bonds. The van der Waals surface area contributed by atoms with E-state index in [1.54, 1.807) is 7.11 Å². The Morgan fingerprint density at radius 1 is 1.12 bits per heavy atom. The fourth-order valence-corrected chi connectivity index (χ4v) is 3.21. The maximum absolute atomic E-state index is 12.6. The monoisotopic (exact) mass is 346 g/mol. The fourth-order valence-electron chi connectivity index (χ4n) is 3.21. The minimum Gasteiger partial charge on any atom is -0.494 e. The highest BCUT2D eigenvalue weighted by Gasteiger charge is 2.26. The zero-order chi connectivity index (χ0) is 17.5. The van der Waals surface area contributed by atoms with Crippen molar-refractivity contribution in [3.8, 4) is 5.75 Å². The van der Waals surface area contributed by atoms with Crippen molar-refractivity contribution in [2.24, 2.45) is 5.92 Å². The summed E-state index contributed by atoms with van der Waals surface area (Å²) < 4.78 is 10.6. The molecule has 1 saturated carbocycles. The molecular formula is C20H30N2O3. The van der Waals surface area contributed by atoms with Gasteiger partial charge in [-0.2, -0.15) is 0 Å². The van der Waals surface area contributed by atoms with Crippen LogP contribution in [0.15, 0.2) is 24.3 Å². The first-order valence-corrected chi connectivity index (χ1v) is 9.50. The van der Waals surface area contributed by atoms with Crippen LogP contribution in [0.25, 0.3) is 0 Å². The lowest BCUT2D eigenvalue weighted by molar-refractivity contribution is 0.0705. The predicted octanol–water partition coefficient (Wildman–Crippen LogP) is 2.71. The molecule has 25 heavy (non-hydrogen) atoms. The maximum Gasteiger partial charge on any atom is 0.253 e. The Hall–Kier alpha value is -1.59. The molecule has 2 fully saturated rings. The van der Waals surface area contributed by atoms with Gasteiger partial charge >= 0.3 is 0 Å². The van der Waals surface area contributed by atoms with E-state index in [2.05, 4.69) is 5.32 Å². The minimum absolute atomic E-state index is 0.131. The number of hydrogen-bond donors (Lipinski definition) is 1. The highest BCUT2D eigenvalue weighted by molar-refractivity contribution is 5.94. The number of methoxy groups -OCH3 is 1.